The fourth-order valence-corrected chi connectivity index (χ4v) is 4.44. The number of nitrogens with zero attached hydrogens (tertiary/aromatic N) is 3. The predicted octanol–water partition coefficient (Wildman–Crippen LogP) is 2.44. The van der Waals surface area contributed by atoms with E-state index in [1.54, 1.807) is 0 Å². The molecule has 2 fully saturated rings. The molecule has 0 aromatic carbocycles. The van der Waals surface area contributed by atoms with Gasteiger partial charge in [0.05, 0.1) is 6.04 Å². The molecule has 2 saturated heterocycles. The molecule has 1 aromatic rings. The molecule has 5 nitrogen and oxygen atoms in total. The van der Waals surface area contributed by atoms with Crippen molar-refractivity contribution in [2.24, 2.45) is 5.92 Å². The molecule has 0 spiro atoms. The molecule has 1 amide bonds. The van der Waals surface area contributed by atoms with Crippen molar-refractivity contribution < 1.29 is 4.79 Å². The zero-order valence-electron chi connectivity index (χ0n) is 13.9. The summed E-state index contributed by atoms with van der Waals surface area (Å²) >= 11 is 1.99. The molecule has 23 heavy (non-hydrogen) atoms. The molecule has 2 unspecified atom stereocenters. The lowest BCUT2D eigenvalue weighted by Gasteiger charge is -2.34. The minimum Gasteiger partial charge on any atom is -0.335 e. The van der Waals surface area contributed by atoms with Crippen LogP contribution in [0.1, 0.15) is 43.2 Å². The number of nitrogens with one attached hydrogen (secondary N) is 1. The van der Waals surface area contributed by atoms with E-state index >= 15 is 0 Å². The minimum absolute atomic E-state index is 0. The Labute approximate surface area is 149 Å². The van der Waals surface area contributed by atoms with Crippen molar-refractivity contribution in [3.8, 4) is 0 Å². The molecule has 2 aliphatic rings. The Hall–Kier alpha value is -0.720. The minimum atomic E-state index is 0. The first-order valence-electron chi connectivity index (χ1n) is 8.32. The fourth-order valence-electron chi connectivity index (χ4n) is 3.14. The van der Waals surface area contributed by atoms with Gasteiger partial charge in [0.25, 0.3) is 5.91 Å². The summed E-state index contributed by atoms with van der Waals surface area (Å²) in [6.45, 7) is 8.19. The highest BCUT2D eigenvalue weighted by Gasteiger charge is 2.28. The summed E-state index contributed by atoms with van der Waals surface area (Å²) in [5.41, 5.74) is 0.597. The SMILES string of the molecule is CC(C)C1CN(C(=O)c2ccn(C3CCCNC3)n2)CCS1.Cl. The first-order chi connectivity index (χ1) is 10.6. The maximum atomic E-state index is 12.7. The standard InChI is InChI=1S/C16H26N4OS.ClH/c1-12(2)15-11-19(8-9-22-15)16(21)14-5-7-20(18-14)13-4-3-6-17-10-13;/h5,7,12-13,15,17H,3-4,6,8-11H2,1-2H3;1H. The Kier molecular flexibility index (Phi) is 6.80. The van der Waals surface area contributed by atoms with Crippen LogP contribution in [0.25, 0.3) is 0 Å². The van der Waals surface area contributed by atoms with E-state index in [1.165, 1.54) is 6.42 Å². The van der Waals surface area contributed by atoms with Crippen molar-refractivity contribution in [2.45, 2.75) is 38.0 Å². The van der Waals surface area contributed by atoms with Gasteiger partial charge >= 0.3 is 0 Å². The molecule has 2 atom stereocenters. The molecular formula is C16H27ClN4OS. The molecule has 7 heteroatoms. The predicted molar refractivity (Wildman–Crippen MR) is 97.6 cm³/mol. The summed E-state index contributed by atoms with van der Waals surface area (Å²) in [4.78, 5) is 14.7. The molecule has 3 heterocycles. The monoisotopic (exact) mass is 358 g/mol. The summed E-state index contributed by atoms with van der Waals surface area (Å²) < 4.78 is 1.97. The van der Waals surface area contributed by atoms with Crippen molar-refractivity contribution in [1.29, 1.82) is 0 Å². The molecule has 1 N–H and O–H groups in total. The third-order valence-corrected chi connectivity index (χ3v) is 6.14. The van der Waals surface area contributed by atoms with Gasteiger partial charge in [-0.25, -0.2) is 0 Å². The van der Waals surface area contributed by atoms with Crippen LogP contribution >= 0.6 is 24.2 Å². The van der Waals surface area contributed by atoms with Crippen LogP contribution in [0.3, 0.4) is 0 Å². The summed E-state index contributed by atoms with van der Waals surface area (Å²) in [5.74, 6) is 1.72. The van der Waals surface area contributed by atoms with Gasteiger partial charge in [0.15, 0.2) is 0 Å². The van der Waals surface area contributed by atoms with E-state index < -0.39 is 0 Å². The number of hydrogen-bond donors (Lipinski definition) is 1. The van der Waals surface area contributed by atoms with E-state index in [0.29, 0.717) is 22.9 Å². The fraction of sp³-hybridized carbons (Fsp3) is 0.750. The van der Waals surface area contributed by atoms with Crippen molar-refractivity contribution in [2.75, 3.05) is 31.9 Å². The summed E-state index contributed by atoms with van der Waals surface area (Å²) in [6.07, 6.45) is 4.27. The maximum Gasteiger partial charge on any atom is 0.274 e. The Morgan fingerprint density at radius 1 is 1.48 bits per heavy atom. The van der Waals surface area contributed by atoms with Gasteiger partial charge in [0, 0.05) is 36.8 Å². The van der Waals surface area contributed by atoms with Crippen molar-refractivity contribution in [3.63, 3.8) is 0 Å². The quantitative estimate of drug-likeness (QED) is 0.901. The number of carbonyl (C=O) groups is 1. The van der Waals surface area contributed by atoms with Gasteiger partial charge in [-0.1, -0.05) is 13.8 Å². The van der Waals surface area contributed by atoms with Gasteiger partial charge in [0.1, 0.15) is 5.69 Å². The van der Waals surface area contributed by atoms with E-state index in [2.05, 4.69) is 24.3 Å². The van der Waals surface area contributed by atoms with E-state index in [1.807, 2.05) is 33.6 Å². The molecule has 130 valence electrons. The average Bonchev–Trinajstić information content (AvgIpc) is 3.05. The van der Waals surface area contributed by atoms with Crippen LogP contribution < -0.4 is 5.32 Å². The van der Waals surface area contributed by atoms with E-state index in [-0.39, 0.29) is 18.3 Å². The largest absolute Gasteiger partial charge is 0.335 e. The third-order valence-electron chi connectivity index (χ3n) is 4.60. The van der Waals surface area contributed by atoms with Crippen LogP contribution in [0.15, 0.2) is 12.3 Å². The Bertz CT molecular complexity index is 516. The number of carbonyl (C=O) groups excluding carboxylic acids is 1. The van der Waals surface area contributed by atoms with Crippen LogP contribution in [0, 0.1) is 5.92 Å². The molecule has 0 bridgehead atoms. The second kappa shape index (κ2) is 8.40. The average molecular weight is 359 g/mol. The van der Waals surface area contributed by atoms with Gasteiger partial charge < -0.3 is 10.2 Å². The van der Waals surface area contributed by atoms with Crippen LogP contribution in [0.4, 0.5) is 0 Å². The molecular weight excluding hydrogens is 332 g/mol. The molecule has 0 radical (unpaired) electrons. The first kappa shape index (κ1) is 18.6. The van der Waals surface area contributed by atoms with Crippen LogP contribution in [0.2, 0.25) is 0 Å². The Balaban J connectivity index is 0.00000192. The smallest absolute Gasteiger partial charge is 0.274 e. The second-order valence-electron chi connectivity index (χ2n) is 6.59. The second-order valence-corrected chi connectivity index (χ2v) is 7.93. The highest BCUT2D eigenvalue weighted by Crippen LogP contribution is 2.26. The zero-order valence-corrected chi connectivity index (χ0v) is 15.5. The lowest BCUT2D eigenvalue weighted by molar-refractivity contribution is 0.0748. The summed E-state index contributed by atoms with van der Waals surface area (Å²) in [7, 11) is 0. The third kappa shape index (κ3) is 4.43. The Morgan fingerprint density at radius 2 is 2.30 bits per heavy atom. The Morgan fingerprint density at radius 3 is 3.00 bits per heavy atom. The number of thioether (sulfide) groups is 1. The molecule has 2 aliphatic heterocycles. The molecule has 3 rings (SSSR count). The maximum absolute atomic E-state index is 12.7. The highest BCUT2D eigenvalue weighted by molar-refractivity contribution is 8.00. The number of halogens is 1. The van der Waals surface area contributed by atoms with Gasteiger partial charge in [-0.2, -0.15) is 16.9 Å². The van der Waals surface area contributed by atoms with Crippen molar-refractivity contribution in [1.82, 2.24) is 20.0 Å². The van der Waals surface area contributed by atoms with Crippen LogP contribution in [0.5, 0.6) is 0 Å². The number of amides is 1. The normalized spacial score (nSPS) is 25.3. The summed E-state index contributed by atoms with van der Waals surface area (Å²) in [6, 6.07) is 2.26. The highest BCUT2D eigenvalue weighted by atomic mass is 35.5. The molecule has 0 saturated carbocycles. The van der Waals surface area contributed by atoms with E-state index in [9.17, 15) is 4.79 Å². The zero-order chi connectivity index (χ0) is 15.5. The molecule has 1 aromatic heterocycles. The van der Waals surface area contributed by atoms with Gasteiger partial charge in [-0.15, -0.1) is 12.4 Å². The van der Waals surface area contributed by atoms with Crippen molar-refractivity contribution >= 4 is 30.1 Å². The summed E-state index contributed by atoms with van der Waals surface area (Å²) in [5, 5.41) is 8.50. The first-order valence-corrected chi connectivity index (χ1v) is 9.37. The number of rotatable bonds is 3. The van der Waals surface area contributed by atoms with Gasteiger partial charge in [0.2, 0.25) is 0 Å². The molecule has 0 aliphatic carbocycles. The lowest BCUT2D eigenvalue weighted by atomic mass is 10.1. The topological polar surface area (TPSA) is 50.2 Å². The number of piperidine rings is 1. The van der Waals surface area contributed by atoms with E-state index in [4.69, 9.17) is 0 Å². The van der Waals surface area contributed by atoms with Crippen LogP contribution in [-0.4, -0.2) is 57.8 Å². The number of hydrogen-bond acceptors (Lipinski definition) is 4. The number of aromatic nitrogens is 2. The van der Waals surface area contributed by atoms with Crippen molar-refractivity contribution in [3.05, 3.63) is 18.0 Å². The van der Waals surface area contributed by atoms with E-state index in [0.717, 1.165) is 38.4 Å². The van der Waals surface area contributed by atoms with Gasteiger partial charge in [-0.3, -0.25) is 9.48 Å². The lowest BCUT2D eigenvalue weighted by Crippen LogP contribution is -2.43. The van der Waals surface area contributed by atoms with Crippen LogP contribution in [-0.2, 0) is 0 Å². The van der Waals surface area contributed by atoms with Gasteiger partial charge in [-0.05, 0) is 31.4 Å².